The molecule has 0 radical (unpaired) electrons. The van der Waals surface area contributed by atoms with Crippen LogP contribution in [0.3, 0.4) is 0 Å². The molecule has 1 amide bonds. The van der Waals surface area contributed by atoms with Gasteiger partial charge in [-0.15, -0.1) is 5.10 Å². The average molecular weight is 364 g/mol. The van der Waals surface area contributed by atoms with E-state index in [0.29, 0.717) is 27.8 Å². The van der Waals surface area contributed by atoms with Crippen LogP contribution in [0.25, 0.3) is 11.3 Å². The predicted molar refractivity (Wildman–Crippen MR) is 89.0 cm³/mol. The van der Waals surface area contributed by atoms with Crippen molar-refractivity contribution in [1.82, 2.24) is 20.0 Å². The van der Waals surface area contributed by atoms with E-state index in [2.05, 4.69) is 15.3 Å². The second-order valence-corrected chi connectivity index (χ2v) is 5.84. The molecule has 3 aromatic rings. The van der Waals surface area contributed by atoms with Crippen LogP contribution in [0.2, 0.25) is 10.0 Å². The number of primary amides is 1. The average Bonchev–Trinajstić information content (AvgIpc) is 2.98. The van der Waals surface area contributed by atoms with Crippen molar-refractivity contribution in [3.8, 4) is 17.0 Å². The molecule has 0 aliphatic carbocycles. The molecule has 1 aromatic carbocycles. The lowest BCUT2D eigenvalue weighted by molar-refractivity contribution is 0.0993. The highest BCUT2D eigenvalue weighted by Gasteiger charge is 2.13. The van der Waals surface area contributed by atoms with Gasteiger partial charge < -0.3 is 10.8 Å². The number of hydrogen-bond donors (Lipinski definition) is 2. The van der Waals surface area contributed by atoms with Crippen molar-refractivity contribution in [2.45, 2.75) is 6.54 Å². The zero-order valence-electron chi connectivity index (χ0n) is 12.1. The van der Waals surface area contributed by atoms with E-state index in [4.69, 9.17) is 28.9 Å². The second kappa shape index (κ2) is 6.46. The standard InChI is InChI=1S/C15H11Cl2N5O2/c16-10-2-1-8(11(17)4-10)6-22-7-12(20-21-22)9-3-13(23)14(15(18)24)19-5-9/h1-5,7,23H,6H2,(H2,18,24). The van der Waals surface area contributed by atoms with Crippen molar-refractivity contribution in [3.05, 3.63) is 58.0 Å². The largest absolute Gasteiger partial charge is 0.505 e. The van der Waals surface area contributed by atoms with Crippen LogP contribution in [-0.4, -0.2) is 31.0 Å². The van der Waals surface area contributed by atoms with Gasteiger partial charge in [0.1, 0.15) is 11.4 Å². The van der Waals surface area contributed by atoms with E-state index in [0.717, 1.165) is 5.56 Å². The Hall–Kier alpha value is -2.64. The number of carbonyl (C=O) groups is 1. The van der Waals surface area contributed by atoms with Gasteiger partial charge in [0.05, 0.1) is 12.7 Å². The molecule has 3 rings (SSSR count). The van der Waals surface area contributed by atoms with E-state index in [1.807, 2.05) is 0 Å². The smallest absolute Gasteiger partial charge is 0.271 e. The molecule has 7 nitrogen and oxygen atoms in total. The van der Waals surface area contributed by atoms with E-state index in [1.165, 1.54) is 12.3 Å². The zero-order chi connectivity index (χ0) is 17.3. The molecule has 2 heterocycles. The highest BCUT2D eigenvalue weighted by Crippen LogP contribution is 2.24. The number of benzene rings is 1. The monoisotopic (exact) mass is 363 g/mol. The summed E-state index contributed by atoms with van der Waals surface area (Å²) in [7, 11) is 0. The number of nitrogens with zero attached hydrogens (tertiary/aromatic N) is 4. The van der Waals surface area contributed by atoms with E-state index < -0.39 is 5.91 Å². The molecule has 0 bridgehead atoms. The Balaban J connectivity index is 1.85. The summed E-state index contributed by atoms with van der Waals surface area (Å²) < 4.78 is 1.59. The number of rotatable bonds is 4. The van der Waals surface area contributed by atoms with Crippen LogP contribution in [0.1, 0.15) is 16.1 Å². The molecular weight excluding hydrogens is 353 g/mol. The van der Waals surface area contributed by atoms with Gasteiger partial charge in [-0.25, -0.2) is 9.67 Å². The number of pyridine rings is 1. The first-order chi connectivity index (χ1) is 11.4. The normalized spacial score (nSPS) is 10.8. The van der Waals surface area contributed by atoms with E-state index >= 15 is 0 Å². The fourth-order valence-corrected chi connectivity index (χ4v) is 2.58. The SMILES string of the molecule is NC(=O)c1ncc(-c2cn(Cc3ccc(Cl)cc3Cl)nn2)cc1O. The highest BCUT2D eigenvalue weighted by atomic mass is 35.5. The summed E-state index contributed by atoms with van der Waals surface area (Å²) in [5.74, 6) is -1.12. The van der Waals surface area contributed by atoms with Gasteiger partial charge in [-0.3, -0.25) is 4.79 Å². The summed E-state index contributed by atoms with van der Waals surface area (Å²) in [5, 5.41) is 18.9. The summed E-state index contributed by atoms with van der Waals surface area (Å²) in [6.45, 7) is 0.405. The number of amides is 1. The fourth-order valence-electron chi connectivity index (χ4n) is 2.12. The maximum Gasteiger partial charge on any atom is 0.271 e. The molecule has 122 valence electrons. The van der Waals surface area contributed by atoms with Crippen molar-refractivity contribution in [2.24, 2.45) is 5.73 Å². The van der Waals surface area contributed by atoms with Crippen molar-refractivity contribution in [1.29, 1.82) is 0 Å². The third-order valence-corrected chi connectivity index (χ3v) is 3.87. The number of carbonyl (C=O) groups excluding carboxylic acids is 1. The number of nitrogens with two attached hydrogens (primary N) is 1. The Kier molecular flexibility index (Phi) is 4.37. The third-order valence-electron chi connectivity index (χ3n) is 3.28. The summed E-state index contributed by atoms with van der Waals surface area (Å²) in [6, 6.07) is 6.56. The lowest BCUT2D eigenvalue weighted by atomic mass is 10.2. The molecule has 0 aliphatic rings. The van der Waals surface area contributed by atoms with Gasteiger partial charge in [0.2, 0.25) is 0 Å². The van der Waals surface area contributed by atoms with Gasteiger partial charge in [0.15, 0.2) is 5.69 Å². The first kappa shape index (κ1) is 16.2. The van der Waals surface area contributed by atoms with Gasteiger partial charge in [0.25, 0.3) is 5.91 Å². The van der Waals surface area contributed by atoms with Gasteiger partial charge in [-0.05, 0) is 23.8 Å². The van der Waals surface area contributed by atoms with Gasteiger partial charge in [0, 0.05) is 21.8 Å². The molecule has 9 heteroatoms. The van der Waals surface area contributed by atoms with E-state index in [9.17, 15) is 9.90 Å². The van der Waals surface area contributed by atoms with Gasteiger partial charge >= 0.3 is 0 Å². The number of halogens is 2. The minimum Gasteiger partial charge on any atom is -0.505 e. The number of aromatic hydroxyl groups is 1. The Labute approximate surface area is 146 Å². The zero-order valence-corrected chi connectivity index (χ0v) is 13.7. The molecule has 0 atom stereocenters. The number of aromatic nitrogens is 4. The van der Waals surface area contributed by atoms with Crippen molar-refractivity contribution in [2.75, 3.05) is 0 Å². The Morgan fingerprint density at radius 3 is 2.75 bits per heavy atom. The molecule has 0 fully saturated rings. The van der Waals surface area contributed by atoms with Gasteiger partial charge in [-0.1, -0.05) is 34.5 Å². The van der Waals surface area contributed by atoms with Crippen molar-refractivity contribution in [3.63, 3.8) is 0 Å². The molecule has 0 aliphatic heterocycles. The van der Waals surface area contributed by atoms with Crippen LogP contribution in [-0.2, 0) is 6.54 Å². The molecule has 0 saturated carbocycles. The van der Waals surface area contributed by atoms with Crippen LogP contribution in [0.4, 0.5) is 0 Å². The summed E-state index contributed by atoms with van der Waals surface area (Å²) in [6.07, 6.45) is 3.06. The van der Waals surface area contributed by atoms with Crippen LogP contribution in [0.15, 0.2) is 36.7 Å². The maximum atomic E-state index is 11.1. The first-order valence-electron chi connectivity index (χ1n) is 6.77. The van der Waals surface area contributed by atoms with Crippen LogP contribution < -0.4 is 5.73 Å². The van der Waals surface area contributed by atoms with E-state index in [-0.39, 0.29) is 11.4 Å². The van der Waals surface area contributed by atoms with Crippen LogP contribution >= 0.6 is 23.2 Å². The molecule has 0 saturated heterocycles. The van der Waals surface area contributed by atoms with Crippen molar-refractivity contribution < 1.29 is 9.90 Å². The maximum absolute atomic E-state index is 11.1. The molecule has 3 N–H and O–H groups in total. The minimum atomic E-state index is -0.805. The fraction of sp³-hybridized carbons (Fsp3) is 0.0667. The summed E-state index contributed by atoms with van der Waals surface area (Å²) in [4.78, 5) is 14.9. The lowest BCUT2D eigenvalue weighted by Crippen LogP contribution is -2.13. The minimum absolute atomic E-state index is 0.195. The Morgan fingerprint density at radius 2 is 2.08 bits per heavy atom. The molecule has 0 spiro atoms. The third kappa shape index (κ3) is 3.32. The molecule has 2 aromatic heterocycles. The Bertz CT molecular complexity index is 926. The van der Waals surface area contributed by atoms with Crippen LogP contribution in [0, 0.1) is 0 Å². The lowest BCUT2D eigenvalue weighted by Gasteiger charge is -2.04. The van der Waals surface area contributed by atoms with Crippen LogP contribution in [0.5, 0.6) is 5.75 Å². The number of hydrogen-bond acceptors (Lipinski definition) is 5. The molecular formula is C15H11Cl2N5O2. The summed E-state index contributed by atoms with van der Waals surface area (Å²) in [5.41, 5.74) is 6.73. The first-order valence-corrected chi connectivity index (χ1v) is 7.53. The quantitative estimate of drug-likeness (QED) is 0.740. The molecule has 0 unspecified atom stereocenters. The van der Waals surface area contributed by atoms with Gasteiger partial charge in [-0.2, -0.15) is 0 Å². The molecule has 24 heavy (non-hydrogen) atoms. The van der Waals surface area contributed by atoms with E-state index in [1.54, 1.807) is 29.1 Å². The second-order valence-electron chi connectivity index (χ2n) is 4.99. The topological polar surface area (TPSA) is 107 Å². The highest BCUT2D eigenvalue weighted by molar-refractivity contribution is 6.35. The van der Waals surface area contributed by atoms with Crippen molar-refractivity contribution >= 4 is 29.1 Å². The Morgan fingerprint density at radius 1 is 1.29 bits per heavy atom. The predicted octanol–water partition coefficient (Wildman–Crippen LogP) is 2.50. The summed E-state index contributed by atoms with van der Waals surface area (Å²) >= 11 is 12.0.